The molecule has 0 spiro atoms. The molecule has 0 aliphatic heterocycles. The zero-order valence-electron chi connectivity index (χ0n) is 18.3. The first-order valence-corrected chi connectivity index (χ1v) is 11.1. The molecule has 4 aromatic rings. The summed E-state index contributed by atoms with van der Waals surface area (Å²) in [6.07, 6.45) is -0.996. The molecule has 0 radical (unpaired) electrons. The van der Waals surface area contributed by atoms with Gasteiger partial charge < -0.3 is 15.4 Å². The highest BCUT2D eigenvalue weighted by Gasteiger charge is 2.23. The highest BCUT2D eigenvalue weighted by atomic mass is 32.1. The second-order valence-electron chi connectivity index (χ2n) is 7.46. The molecule has 0 fully saturated rings. The number of rotatable bonds is 6. The molecule has 2 N–H and O–H groups in total. The Morgan fingerprint density at radius 1 is 1.00 bits per heavy atom. The lowest BCUT2D eigenvalue weighted by Gasteiger charge is -2.13. The van der Waals surface area contributed by atoms with Gasteiger partial charge in [0.05, 0.1) is 11.4 Å². The van der Waals surface area contributed by atoms with Crippen LogP contribution in [0.3, 0.4) is 0 Å². The van der Waals surface area contributed by atoms with Crippen molar-refractivity contribution in [1.29, 1.82) is 0 Å². The van der Waals surface area contributed by atoms with Gasteiger partial charge in [0, 0.05) is 23.7 Å². The number of nitrogens with zero attached hydrogens (tertiary/aromatic N) is 2. The molecule has 168 valence electrons. The quantitative estimate of drug-likeness (QED) is 0.410. The van der Waals surface area contributed by atoms with E-state index >= 15 is 0 Å². The fourth-order valence-electron chi connectivity index (χ4n) is 3.25. The lowest BCUT2D eigenvalue weighted by molar-refractivity contribution is -0.123. The Bertz CT molecular complexity index is 1330. The monoisotopic (exact) mass is 462 g/mol. The SMILES string of the molecule is CC(=O)Nc1ccc(NC(=O)C(C)OC(=O)c2cc3c(C)nn(-c4ccccc4)c3s2)cc1. The zero-order valence-corrected chi connectivity index (χ0v) is 19.1. The van der Waals surface area contributed by atoms with Gasteiger partial charge in [-0.15, -0.1) is 11.3 Å². The Morgan fingerprint density at radius 3 is 2.27 bits per heavy atom. The van der Waals surface area contributed by atoms with Crippen LogP contribution in [-0.4, -0.2) is 33.7 Å². The molecule has 0 saturated heterocycles. The number of amides is 2. The van der Waals surface area contributed by atoms with Crippen LogP contribution in [0.5, 0.6) is 0 Å². The average Bonchev–Trinajstić information content (AvgIpc) is 3.36. The Morgan fingerprint density at radius 2 is 1.64 bits per heavy atom. The number of hydrogen-bond acceptors (Lipinski definition) is 6. The summed E-state index contributed by atoms with van der Waals surface area (Å²) in [7, 11) is 0. The van der Waals surface area contributed by atoms with E-state index in [1.165, 1.54) is 25.2 Å². The number of esters is 1. The molecule has 2 amide bonds. The van der Waals surface area contributed by atoms with Gasteiger partial charge in [-0.2, -0.15) is 5.10 Å². The van der Waals surface area contributed by atoms with Gasteiger partial charge >= 0.3 is 5.97 Å². The van der Waals surface area contributed by atoms with Crippen molar-refractivity contribution in [2.75, 3.05) is 10.6 Å². The van der Waals surface area contributed by atoms with Gasteiger partial charge in [-0.1, -0.05) is 18.2 Å². The second-order valence-corrected chi connectivity index (χ2v) is 8.49. The lowest BCUT2D eigenvalue weighted by Crippen LogP contribution is -2.29. The number of carbonyl (C=O) groups is 3. The number of nitrogens with one attached hydrogen (secondary N) is 2. The summed E-state index contributed by atoms with van der Waals surface area (Å²) in [5.74, 6) is -1.21. The highest BCUT2D eigenvalue weighted by Crippen LogP contribution is 2.31. The molecule has 0 aliphatic carbocycles. The summed E-state index contributed by atoms with van der Waals surface area (Å²) in [5.41, 5.74) is 2.85. The van der Waals surface area contributed by atoms with Crippen LogP contribution in [0, 0.1) is 6.92 Å². The summed E-state index contributed by atoms with van der Waals surface area (Å²) in [4.78, 5) is 37.5. The van der Waals surface area contributed by atoms with Gasteiger partial charge in [-0.3, -0.25) is 9.59 Å². The molecule has 0 saturated carbocycles. The molecular weight excluding hydrogens is 440 g/mol. The summed E-state index contributed by atoms with van der Waals surface area (Å²) >= 11 is 1.27. The number of anilines is 2. The number of aryl methyl sites for hydroxylation is 1. The van der Waals surface area contributed by atoms with Crippen molar-refractivity contribution < 1.29 is 19.1 Å². The molecule has 1 unspecified atom stereocenters. The number of ether oxygens (including phenoxy) is 1. The lowest BCUT2D eigenvalue weighted by atomic mass is 10.2. The van der Waals surface area contributed by atoms with Crippen molar-refractivity contribution in [1.82, 2.24) is 9.78 Å². The number of thiophene rings is 1. The fourth-order valence-corrected chi connectivity index (χ4v) is 4.31. The van der Waals surface area contributed by atoms with Crippen LogP contribution in [0.1, 0.15) is 29.2 Å². The molecule has 4 rings (SSSR count). The minimum atomic E-state index is -0.996. The van der Waals surface area contributed by atoms with E-state index < -0.39 is 18.0 Å². The van der Waals surface area contributed by atoms with E-state index in [0.717, 1.165) is 21.6 Å². The van der Waals surface area contributed by atoms with Crippen LogP contribution in [0.25, 0.3) is 15.9 Å². The van der Waals surface area contributed by atoms with Crippen molar-refractivity contribution in [3.05, 3.63) is 71.2 Å². The first-order chi connectivity index (χ1) is 15.8. The van der Waals surface area contributed by atoms with E-state index in [0.29, 0.717) is 16.3 Å². The van der Waals surface area contributed by atoms with Crippen molar-refractivity contribution in [2.24, 2.45) is 0 Å². The summed E-state index contributed by atoms with van der Waals surface area (Å²) in [5, 5.41) is 10.8. The van der Waals surface area contributed by atoms with Crippen LogP contribution >= 0.6 is 11.3 Å². The highest BCUT2D eigenvalue weighted by molar-refractivity contribution is 7.20. The fraction of sp³-hybridized carbons (Fsp3) is 0.167. The number of aromatic nitrogens is 2. The minimum Gasteiger partial charge on any atom is -0.448 e. The van der Waals surface area contributed by atoms with Gasteiger partial charge in [0.2, 0.25) is 5.91 Å². The minimum absolute atomic E-state index is 0.180. The molecule has 2 aromatic carbocycles. The molecular formula is C24H22N4O4S. The standard InChI is InChI=1S/C24H22N4O4S/c1-14-20-13-21(33-23(20)28(27-14)19-7-5-4-6-8-19)24(31)32-15(2)22(30)26-18-11-9-17(10-12-18)25-16(3)29/h4-13,15H,1-3H3,(H,25,29)(H,26,30). The predicted molar refractivity (Wildman–Crippen MR) is 128 cm³/mol. The number of hydrogen-bond donors (Lipinski definition) is 2. The van der Waals surface area contributed by atoms with Gasteiger partial charge in [0.15, 0.2) is 6.10 Å². The smallest absolute Gasteiger partial charge is 0.349 e. The summed E-state index contributed by atoms with van der Waals surface area (Å²) in [6, 6.07) is 18.1. The summed E-state index contributed by atoms with van der Waals surface area (Å²) in [6.45, 7) is 4.82. The van der Waals surface area contributed by atoms with Crippen molar-refractivity contribution >= 4 is 50.7 Å². The maximum absolute atomic E-state index is 12.7. The largest absolute Gasteiger partial charge is 0.448 e. The van der Waals surface area contributed by atoms with E-state index in [-0.39, 0.29) is 5.91 Å². The maximum atomic E-state index is 12.7. The van der Waals surface area contributed by atoms with E-state index in [1.807, 2.05) is 37.3 Å². The maximum Gasteiger partial charge on any atom is 0.349 e. The van der Waals surface area contributed by atoms with Crippen LogP contribution in [0.15, 0.2) is 60.7 Å². The van der Waals surface area contributed by atoms with Crippen LogP contribution < -0.4 is 10.6 Å². The second kappa shape index (κ2) is 9.25. The molecule has 9 heteroatoms. The number of para-hydroxylation sites is 1. The topological polar surface area (TPSA) is 102 Å². The van der Waals surface area contributed by atoms with E-state index in [4.69, 9.17) is 4.74 Å². The van der Waals surface area contributed by atoms with Gasteiger partial charge in [0.1, 0.15) is 9.71 Å². The third-order valence-electron chi connectivity index (χ3n) is 4.87. The number of carbonyl (C=O) groups excluding carboxylic acids is 3. The van der Waals surface area contributed by atoms with Crippen molar-refractivity contribution in [2.45, 2.75) is 26.9 Å². The molecule has 1 atom stereocenters. The van der Waals surface area contributed by atoms with Crippen LogP contribution in [0.4, 0.5) is 11.4 Å². The van der Waals surface area contributed by atoms with Gasteiger partial charge in [-0.25, -0.2) is 9.48 Å². The number of benzene rings is 2. The Balaban J connectivity index is 1.44. The Kier molecular flexibility index (Phi) is 6.23. The van der Waals surface area contributed by atoms with Gasteiger partial charge in [-0.05, 0) is 56.3 Å². The van der Waals surface area contributed by atoms with Crippen LogP contribution in [0.2, 0.25) is 0 Å². The third-order valence-corrected chi connectivity index (χ3v) is 5.96. The van der Waals surface area contributed by atoms with Crippen molar-refractivity contribution in [3.8, 4) is 5.69 Å². The van der Waals surface area contributed by atoms with E-state index in [1.54, 1.807) is 35.0 Å². The van der Waals surface area contributed by atoms with Gasteiger partial charge in [0.25, 0.3) is 5.91 Å². The molecule has 2 aromatic heterocycles. The molecule has 2 heterocycles. The average molecular weight is 463 g/mol. The first kappa shape index (κ1) is 22.2. The Labute approximate surface area is 194 Å². The third kappa shape index (κ3) is 4.93. The van der Waals surface area contributed by atoms with Crippen LogP contribution in [-0.2, 0) is 14.3 Å². The zero-order chi connectivity index (χ0) is 23.5. The summed E-state index contributed by atoms with van der Waals surface area (Å²) < 4.78 is 7.20. The number of fused-ring (bicyclic) bond motifs is 1. The predicted octanol–water partition coefficient (Wildman–Crippen LogP) is 4.54. The van der Waals surface area contributed by atoms with E-state index in [2.05, 4.69) is 15.7 Å². The molecule has 8 nitrogen and oxygen atoms in total. The Hall–Kier alpha value is -3.98. The molecule has 33 heavy (non-hydrogen) atoms. The normalized spacial score (nSPS) is 11.7. The first-order valence-electron chi connectivity index (χ1n) is 10.3. The van der Waals surface area contributed by atoms with E-state index in [9.17, 15) is 14.4 Å². The van der Waals surface area contributed by atoms with Crippen molar-refractivity contribution in [3.63, 3.8) is 0 Å². The molecule has 0 bridgehead atoms. The molecule has 0 aliphatic rings.